The van der Waals surface area contributed by atoms with Crippen LogP contribution in [0, 0.1) is 19.8 Å². The lowest BCUT2D eigenvalue weighted by molar-refractivity contribution is -0.145. The van der Waals surface area contributed by atoms with Gasteiger partial charge in [-0.1, -0.05) is 12.1 Å². The van der Waals surface area contributed by atoms with Gasteiger partial charge in [0.15, 0.2) is 0 Å². The van der Waals surface area contributed by atoms with Gasteiger partial charge in [-0.3, -0.25) is 4.79 Å². The quantitative estimate of drug-likeness (QED) is 0.713. The van der Waals surface area contributed by atoms with E-state index in [2.05, 4.69) is 26.0 Å². The third-order valence-electron chi connectivity index (χ3n) is 4.61. The Morgan fingerprint density at radius 3 is 2.72 bits per heavy atom. The molecule has 3 unspecified atom stereocenters. The van der Waals surface area contributed by atoms with E-state index in [4.69, 9.17) is 10.5 Å². The lowest BCUT2D eigenvalue weighted by atomic mass is 9.72. The summed E-state index contributed by atoms with van der Waals surface area (Å²) in [6, 6.07) is 4.25. The molecule has 96 valence electrons. The van der Waals surface area contributed by atoms with Crippen molar-refractivity contribution in [3.8, 4) is 0 Å². The van der Waals surface area contributed by atoms with E-state index in [-0.39, 0.29) is 18.0 Å². The van der Waals surface area contributed by atoms with Crippen LogP contribution in [0.1, 0.15) is 41.7 Å². The molecule has 0 aromatic heterocycles. The van der Waals surface area contributed by atoms with Gasteiger partial charge in [-0.05, 0) is 55.9 Å². The molecule has 3 nitrogen and oxygen atoms in total. The van der Waals surface area contributed by atoms with Gasteiger partial charge in [0.2, 0.25) is 0 Å². The maximum absolute atomic E-state index is 11.9. The number of esters is 1. The number of benzene rings is 1. The topological polar surface area (TPSA) is 52.3 Å². The molecule has 0 radical (unpaired) electrons. The zero-order valence-corrected chi connectivity index (χ0v) is 11.1. The summed E-state index contributed by atoms with van der Waals surface area (Å²) in [6.45, 7) is 6.01. The first-order valence-electron chi connectivity index (χ1n) is 6.52. The fourth-order valence-corrected chi connectivity index (χ4v) is 3.42. The average molecular weight is 245 g/mol. The van der Waals surface area contributed by atoms with Gasteiger partial charge in [0.1, 0.15) is 11.6 Å². The average Bonchev–Trinajstić information content (AvgIpc) is 2.55. The smallest absolute Gasteiger partial charge is 0.326 e. The molecule has 1 aromatic carbocycles. The van der Waals surface area contributed by atoms with Crippen molar-refractivity contribution in [2.75, 3.05) is 0 Å². The number of rotatable bonds is 0. The fourth-order valence-electron chi connectivity index (χ4n) is 3.42. The summed E-state index contributed by atoms with van der Waals surface area (Å²) in [5, 5.41) is 0. The summed E-state index contributed by atoms with van der Waals surface area (Å²) in [6.07, 6.45) is 1.78. The highest BCUT2D eigenvalue weighted by Crippen LogP contribution is 2.48. The summed E-state index contributed by atoms with van der Waals surface area (Å²) >= 11 is 0. The number of nitrogens with two attached hydrogens (primary N) is 1. The number of carbonyl (C=O) groups excluding carboxylic acids is 1. The van der Waals surface area contributed by atoms with E-state index in [0.717, 1.165) is 12.8 Å². The minimum Gasteiger partial charge on any atom is -0.456 e. The minimum absolute atomic E-state index is 0.109. The second-order valence-corrected chi connectivity index (χ2v) is 5.85. The molecule has 3 rings (SSSR count). The summed E-state index contributed by atoms with van der Waals surface area (Å²) < 4.78 is 5.58. The monoisotopic (exact) mass is 245 g/mol. The number of aryl methyl sites for hydroxylation is 2. The van der Waals surface area contributed by atoms with Crippen molar-refractivity contribution in [3.63, 3.8) is 0 Å². The molecule has 0 saturated carbocycles. The van der Waals surface area contributed by atoms with Gasteiger partial charge in [-0.15, -0.1) is 0 Å². The molecule has 3 atom stereocenters. The molecule has 0 amide bonds. The van der Waals surface area contributed by atoms with Crippen molar-refractivity contribution >= 4 is 5.97 Å². The Morgan fingerprint density at radius 2 is 2.00 bits per heavy atom. The molecule has 0 bridgehead atoms. The Balaban J connectivity index is 2.16. The molecule has 0 spiro atoms. The second kappa shape index (κ2) is 3.58. The molecule has 2 N–H and O–H groups in total. The first-order chi connectivity index (χ1) is 8.43. The van der Waals surface area contributed by atoms with Gasteiger partial charge in [0, 0.05) is 5.92 Å². The third kappa shape index (κ3) is 1.37. The van der Waals surface area contributed by atoms with Crippen LogP contribution in [0.2, 0.25) is 0 Å². The van der Waals surface area contributed by atoms with Crippen molar-refractivity contribution in [3.05, 3.63) is 34.4 Å². The fraction of sp³-hybridized carbons (Fsp3) is 0.533. The highest BCUT2D eigenvalue weighted by atomic mass is 16.6. The maximum Gasteiger partial charge on any atom is 0.326 e. The van der Waals surface area contributed by atoms with Gasteiger partial charge in [-0.2, -0.15) is 0 Å². The lowest BCUT2D eigenvalue weighted by Gasteiger charge is -2.32. The lowest BCUT2D eigenvalue weighted by Crippen LogP contribution is -2.48. The molecular weight excluding hydrogens is 226 g/mol. The zero-order valence-electron chi connectivity index (χ0n) is 11.1. The molecule has 1 aromatic rings. The van der Waals surface area contributed by atoms with E-state index in [1.165, 1.54) is 22.3 Å². The van der Waals surface area contributed by atoms with Crippen LogP contribution >= 0.6 is 0 Å². The van der Waals surface area contributed by atoms with Crippen LogP contribution in [0.5, 0.6) is 0 Å². The third-order valence-corrected chi connectivity index (χ3v) is 4.61. The van der Waals surface area contributed by atoms with E-state index in [9.17, 15) is 4.79 Å². The molecule has 1 aliphatic heterocycles. The highest BCUT2D eigenvalue weighted by Gasteiger charge is 2.54. The zero-order chi connectivity index (χ0) is 13.1. The van der Waals surface area contributed by atoms with E-state index >= 15 is 0 Å². The Bertz CT molecular complexity index is 534. The van der Waals surface area contributed by atoms with Crippen LogP contribution in [0.15, 0.2) is 12.1 Å². The number of hydrogen-bond donors (Lipinski definition) is 1. The number of carbonyl (C=O) groups is 1. The van der Waals surface area contributed by atoms with Gasteiger partial charge in [-0.25, -0.2) is 0 Å². The van der Waals surface area contributed by atoms with Gasteiger partial charge in [0.25, 0.3) is 0 Å². The normalized spacial score (nSPS) is 33.9. The van der Waals surface area contributed by atoms with Crippen molar-refractivity contribution in [2.24, 2.45) is 11.7 Å². The number of ether oxygens (including phenoxy) is 1. The summed E-state index contributed by atoms with van der Waals surface area (Å²) in [5.74, 6) is -0.149. The Morgan fingerprint density at radius 1 is 1.33 bits per heavy atom. The summed E-state index contributed by atoms with van der Waals surface area (Å²) in [5.41, 5.74) is 10.4. The molecule has 2 aliphatic rings. The second-order valence-electron chi connectivity index (χ2n) is 5.85. The molecule has 18 heavy (non-hydrogen) atoms. The van der Waals surface area contributed by atoms with Crippen LogP contribution < -0.4 is 5.73 Å². The van der Waals surface area contributed by atoms with Crippen LogP contribution in [-0.4, -0.2) is 11.5 Å². The first kappa shape index (κ1) is 11.7. The molecule has 1 fully saturated rings. The number of hydrogen-bond acceptors (Lipinski definition) is 3. The first-order valence-corrected chi connectivity index (χ1v) is 6.52. The SMILES string of the molecule is Cc1ccc(C)c2c1CCC1C2OC(=O)C1(C)N. The summed E-state index contributed by atoms with van der Waals surface area (Å²) in [7, 11) is 0. The van der Waals surface area contributed by atoms with Gasteiger partial charge >= 0.3 is 5.97 Å². The van der Waals surface area contributed by atoms with Crippen molar-refractivity contribution < 1.29 is 9.53 Å². The highest BCUT2D eigenvalue weighted by molar-refractivity contribution is 5.83. The Hall–Kier alpha value is -1.35. The predicted octanol–water partition coefficient (Wildman–Crippen LogP) is 2.18. The standard InChI is InChI=1S/C15H19NO2/c1-8-4-5-9(2)12-10(8)6-7-11-13(12)18-14(17)15(11,3)16/h4-5,11,13H,6-7,16H2,1-3H3. The molecule has 1 heterocycles. The van der Waals surface area contributed by atoms with Crippen LogP contribution in [0.4, 0.5) is 0 Å². The van der Waals surface area contributed by atoms with E-state index < -0.39 is 5.54 Å². The van der Waals surface area contributed by atoms with Crippen molar-refractivity contribution in [1.82, 2.24) is 0 Å². The van der Waals surface area contributed by atoms with Crippen molar-refractivity contribution in [2.45, 2.75) is 45.3 Å². The van der Waals surface area contributed by atoms with E-state index in [0.29, 0.717) is 0 Å². The minimum atomic E-state index is -0.835. The summed E-state index contributed by atoms with van der Waals surface area (Å²) in [4.78, 5) is 11.9. The molecule has 3 heteroatoms. The number of fused-ring (bicyclic) bond motifs is 3. The molecular formula is C15H19NO2. The Labute approximate surface area is 107 Å². The van der Waals surface area contributed by atoms with Crippen molar-refractivity contribution in [1.29, 1.82) is 0 Å². The van der Waals surface area contributed by atoms with Gasteiger partial charge < -0.3 is 10.5 Å². The molecule has 1 saturated heterocycles. The maximum atomic E-state index is 11.9. The van der Waals surface area contributed by atoms with Crippen LogP contribution in [-0.2, 0) is 16.0 Å². The predicted molar refractivity (Wildman–Crippen MR) is 69.2 cm³/mol. The van der Waals surface area contributed by atoms with E-state index in [1.807, 2.05) is 0 Å². The van der Waals surface area contributed by atoms with Gasteiger partial charge in [0.05, 0.1) is 0 Å². The van der Waals surface area contributed by atoms with E-state index in [1.54, 1.807) is 6.92 Å². The Kier molecular flexibility index (Phi) is 2.33. The largest absolute Gasteiger partial charge is 0.456 e. The molecule has 1 aliphatic carbocycles. The van der Waals surface area contributed by atoms with Crippen LogP contribution in [0.25, 0.3) is 0 Å². The van der Waals surface area contributed by atoms with Crippen LogP contribution in [0.3, 0.4) is 0 Å².